The van der Waals surface area contributed by atoms with Gasteiger partial charge in [0.15, 0.2) is 0 Å². The molecule has 1 aromatic carbocycles. The highest BCUT2D eigenvalue weighted by molar-refractivity contribution is 5.88. The molecule has 0 aliphatic carbocycles. The summed E-state index contributed by atoms with van der Waals surface area (Å²) in [6, 6.07) is 3.57. The van der Waals surface area contributed by atoms with E-state index in [2.05, 4.69) is 0 Å². The van der Waals surface area contributed by atoms with Gasteiger partial charge in [0, 0.05) is 12.6 Å². The predicted octanol–water partition coefficient (Wildman–Crippen LogP) is 0.861. The summed E-state index contributed by atoms with van der Waals surface area (Å²) in [5.41, 5.74) is 4.81. The van der Waals surface area contributed by atoms with Crippen molar-refractivity contribution < 1.29 is 19.0 Å². The van der Waals surface area contributed by atoms with E-state index in [-0.39, 0.29) is 17.9 Å². The molecule has 0 bridgehead atoms. The van der Waals surface area contributed by atoms with Crippen molar-refractivity contribution in [1.29, 1.82) is 0 Å². The number of rotatable bonds is 4. The molecule has 0 saturated carbocycles. The van der Waals surface area contributed by atoms with Crippen LogP contribution in [0.25, 0.3) is 0 Å². The van der Waals surface area contributed by atoms with Gasteiger partial charge in [-0.2, -0.15) is 0 Å². The first-order chi connectivity index (χ1) is 6.65. The molecule has 0 spiro atoms. The lowest BCUT2D eigenvalue weighted by molar-refractivity contribution is 0.0692. The van der Waals surface area contributed by atoms with Crippen LogP contribution in [-0.2, 0) is 0 Å². The van der Waals surface area contributed by atoms with Crippen molar-refractivity contribution in [2.24, 2.45) is 5.73 Å². The average molecular weight is 199 g/mol. The molecule has 76 valence electrons. The largest absolute Gasteiger partial charge is 0.492 e. The van der Waals surface area contributed by atoms with Gasteiger partial charge in [-0.1, -0.05) is 0 Å². The van der Waals surface area contributed by atoms with Gasteiger partial charge in [0.25, 0.3) is 0 Å². The van der Waals surface area contributed by atoms with Gasteiger partial charge in [-0.25, -0.2) is 9.18 Å². The van der Waals surface area contributed by atoms with E-state index in [0.717, 1.165) is 12.1 Å². The summed E-state index contributed by atoms with van der Waals surface area (Å²) in [5, 5.41) is 8.53. The van der Waals surface area contributed by atoms with E-state index in [4.69, 9.17) is 15.6 Å². The summed E-state index contributed by atoms with van der Waals surface area (Å²) in [7, 11) is 0. The highest BCUT2D eigenvalue weighted by Gasteiger charge is 2.10. The molecule has 0 aliphatic heterocycles. The normalized spacial score (nSPS) is 9.86. The standard InChI is InChI=1S/C9H10FNO3/c10-8-5-6(14-4-3-11)1-2-7(8)9(12)13/h1-2,5H,3-4,11H2,(H,12,13). The smallest absolute Gasteiger partial charge is 0.338 e. The molecule has 0 amide bonds. The number of hydrogen-bond donors (Lipinski definition) is 2. The summed E-state index contributed by atoms with van der Waals surface area (Å²) >= 11 is 0. The zero-order chi connectivity index (χ0) is 10.6. The van der Waals surface area contributed by atoms with Crippen LogP contribution in [0.4, 0.5) is 4.39 Å². The Kier molecular flexibility index (Phi) is 3.41. The third kappa shape index (κ3) is 2.43. The third-order valence-corrected chi connectivity index (χ3v) is 1.56. The van der Waals surface area contributed by atoms with E-state index in [0.29, 0.717) is 6.54 Å². The fourth-order valence-electron chi connectivity index (χ4n) is 0.936. The maximum absolute atomic E-state index is 13.0. The van der Waals surface area contributed by atoms with Gasteiger partial charge in [-0.05, 0) is 12.1 Å². The Morgan fingerprint density at radius 1 is 1.57 bits per heavy atom. The van der Waals surface area contributed by atoms with Crippen LogP contribution in [-0.4, -0.2) is 24.2 Å². The molecular formula is C9H10FNO3. The zero-order valence-electron chi connectivity index (χ0n) is 7.37. The molecule has 4 nitrogen and oxygen atoms in total. The number of aromatic carboxylic acids is 1. The number of carboxylic acid groups (broad SMARTS) is 1. The molecule has 0 radical (unpaired) electrons. The van der Waals surface area contributed by atoms with E-state index >= 15 is 0 Å². The van der Waals surface area contributed by atoms with E-state index in [1.54, 1.807) is 0 Å². The van der Waals surface area contributed by atoms with Crippen LogP contribution in [0.1, 0.15) is 10.4 Å². The number of hydrogen-bond acceptors (Lipinski definition) is 3. The lowest BCUT2D eigenvalue weighted by atomic mass is 10.2. The van der Waals surface area contributed by atoms with E-state index in [1.807, 2.05) is 0 Å². The van der Waals surface area contributed by atoms with Crippen LogP contribution in [0.2, 0.25) is 0 Å². The van der Waals surface area contributed by atoms with Crippen molar-refractivity contribution in [3.05, 3.63) is 29.6 Å². The molecular weight excluding hydrogens is 189 g/mol. The first-order valence-electron chi connectivity index (χ1n) is 4.01. The van der Waals surface area contributed by atoms with Crippen LogP contribution in [0, 0.1) is 5.82 Å². The number of nitrogens with two attached hydrogens (primary N) is 1. The van der Waals surface area contributed by atoms with Crippen molar-refractivity contribution in [2.75, 3.05) is 13.2 Å². The van der Waals surface area contributed by atoms with Crippen molar-refractivity contribution >= 4 is 5.97 Å². The fourth-order valence-corrected chi connectivity index (χ4v) is 0.936. The van der Waals surface area contributed by atoms with Gasteiger partial charge in [-0.3, -0.25) is 0 Å². The summed E-state index contributed by atoms with van der Waals surface area (Å²) in [6.45, 7) is 0.591. The molecule has 5 heteroatoms. The first-order valence-corrected chi connectivity index (χ1v) is 4.01. The van der Waals surface area contributed by atoms with Crippen LogP contribution in [0.15, 0.2) is 18.2 Å². The fraction of sp³-hybridized carbons (Fsp3) is 0.222. The Hall–Kier alpha value is -1.62. The lowest BCUT2D eigenvalue weighted by Gasteiger charge is -2.05. The van der Waals surface area contributed by atoms with Gasteiger partial charge in [-0.15, -0.1) is 0 Å². The minimum atomic E-state index is -1.30. The Morgan fingerprint density at radius 3 is 2.79 bits per heavy atom. The summed E-state index contributed by atoms with van der Waals surface area (Å²) < 4.78 is 18.0. The highest BCUT2D eigenvalue weighted by atomic mass is 19.1. The summed E-state index contributed by atoms with van der Waals surface area (Å²) in [5.74, 6) is -1.84. The van der Waals surface area contributed by atoms with Crippen LogP contribution >= 0.6 is 0 Å². The van der Waals surface area contributed by atoms with Gasteiger partial charge in [0.1, 0.15) is 18.2 Å². The highest BCUT2D eigenvalue weighted by Crippen LogP contribution is 2.16. The number of ether oxygens (including phenoxy) is 1. The second-order valence-electron chi connectivity index (χ2n) is 2.58. The van der Waals surface area contributed by atoms with E-state index in [9.17, 15) is 9.18 Å². The number of halogens is 1. The zero-order valence-corrected chi connectivity index (χ0v) is 7.37. The number of carbonyl (C=O) groups is 1. The monoisotopic (exact) mass is 199 g/mol. The van der Waals surface area contributed by atoms with Gasteiger partial charge in [0.05, 0.1) is 5.56 Å². The maximum Gasteiger partial charge on any atom is 0.338 e. The molecule has 0 unspecified atom stereocenters. The minimum absolute atomic E-state index is 0.270. The SMILES string of the molecule is NCCOc1ccc(C(=O)O)c(F)c1. The second kappa shape index (κ2) is 4.57. The Bertz CT molecular complexity index is 341. The number of benzene rings is 1. The lowest BCUT2D eigenvalue weighted by Crippen LogP contribution is -2.11. The van der Waals surface area contributed by atoms with Crippen molar-refractivity contribution in [1.82, 2.24) is 0 Å². The van der Waals surface area contributed by atoms with Gasteiger partial charge < -0.3 is 15.6 Å². The molecule has 1 aromatic rings. The quantitative estimate of drug-likeness (QED) is 0.754. The summed E-state index contributed by atoms with van der Waals surface area (Å²) in [6.07, 6.45) is 0. The van der Waals surface area contributed by atoms with Crippen molar-refractivity contribution in [3.8, 4) is 5.75 Å². The molecule has 0 aliphatic rings. The molecule has 0 atom stereocenters. The molecule has 14 heavy (non-hydrogen) atoms. The van der Waals surface area contributed by atoms with Gasteiger partial charge in [0.2, 0.25) is 0 Å². The maximum atomic E-state index is 13.0. The Morgan fingerprint density at radius 2 is 2.29 bits per heavy atom. The Labute approximate surface area is 80.1 Å². The second-order valence-corrected chi connectivity index (χ2v) is 2.58. The molecule has 0 fully saturated rings. The minimum Gasteiger partial charge on any atom is -0.492 e. The third-order valence-electron chi connectivity index (χ3n) is 1.56. The topological polar surface area (TPSA) is 72.5 Å². The molecule has 0 heterocycles. The van der Waals surface area contributed by atoms with Crippen LogP contribution < -0.4 is 10.5 Å². The first kappa shape index (κ1) is 10.5. The number of carboxylic acids is 1. The van der Waals surface area contributed by atoms with Crippen LogP contribution in [0.5, 0.6) is 5.75 Å². The van der Waals surface area contributed by atoms with Gasteiger partial charge >= 0.3 is 5.97 Å². The molecule has 3 N–H and O–H groups in total. The molecule has 0 saturated heterocycles. The van der Waals surface area contributed by atoms with E-state index in [1.165, 1.54) is 6.07 Å². The average Bonchev–Trinajstić information content (AvgIpc) is 2.14. The van der Waals surface area contributed by atoms with Crippen molar-refractivity contribution in [2.45, 2.75) is 0 Å². The van der Waals surface area contributed by atoms with Crippen LogP contribution in [0.3, 0.4) is 0 Å². The summed E-state index contributed by atoms with van der Waals surface area (Å²) in [4.78, 5) is 10.4. The van der Waals surface area contributed by atoms with Crippen molar-refractivity contribution in [3.63, 3.8) is 0 Å². The Balaban J connectivity index is 2.83. The predicted molar refractivity (Wildman–Crippen MR) is 47.9 cm³/mol. The molecule has 1 rings (SSSR count). The molecule has 0 aromatic heterocycles. The van der Waals surface area contributed by atoms with E-state index < -0.39 is 11.8 Å².